The van der Waals surface area contributed by atoms with E-state index in [-0.39, 0.29) is 6.03 Å². The molecular weight excluding hydrogens is 306 g/mol. The summed E-state index contributed by atoms with van der Waals surface area (Å²) >= 11 is 3.42. The first-order valence-electron chi connectivity index (χ1n) is 6.52. The third kappa shape index (κ3) is 3.56. The zero-order chi connectivity index (χ0) is 13.7. The topological polar surface area (TPSA) is 44.7 Å². The first kappa shape index (κ1) is 14.1. The Morgan fingerprint density at radius 3 is 2.68 bits per heavy atom. The highest BCUT2D eigenvalue weighted by Crippen LogP contribution is 2.15. The van der Waals surface area contributed by atoms with Crippen LogP contribution in [0.4, 0.5) is 4.79 Å². The van der Waals surface area contributed by atoms with Crippen LogP contribution >= 0.6 is 15.9 Å². The van der Waals surface area contributed by atoms with Gasteiger partial charge in [0.1, 0.15) is 5.84 Å². The van der Waals surface area contributed by atoms with Gasteiger partial charge in [0, 0.05) is 30.2 Å². The number of halogens is 1. The molecule has 0 saturated heterocycles. The van der Waals surface area contributed by atoms with Crippen LogP contribution in [0, 0.1) is 0 Å². The molecule has 0 bridgehead atoms. The summed E-state index contributed by atoms with van der Waals surface area (Å²) in [6.07, 6.45) is 3.22. The number of benzene rings is 1. The average molecular weight is 324 g/mol. The largest absolute Gasteiger partial charge is 0.341 e. The van der Waals surface area contributed by atoms with E-state index in [2.05, 4.69) is 26.2 Å². The fraction of sp³-hybridized carbons (Fsp3) is 0.429. The summed E-state index contributed by atoms with van der Waals surface area (Å²) < 4.78 is 1.02. The fourth-order valence-electron chi connectivity index (χ4n) is 2.11. The maximum absolute atomic E-state index is 12.0. The van der Waals surface area contributed by atoms with Gasteiger partial charge in [-0.2, -0.15) is 0 Å². The lowest BCUT2D eigenvalue weighted by Crippen LogP contribution is -2.44. The Morgan fingerprint density at radius 2 is 2.00 bits per heavy atom. The van der Waals surface area contributed by atoms with E-state index in [4.69, 9.17) is 0 Å². The molecule has 0 radical (unpaired) electrons. The van der Waals surface area contributed by atoms with Crippen LogP contribution < -0.4 is 5.32 Å². The normalized spacial score (nSPS) is 16.3. The molecule has 0 aromatic heterocycles. The van der Waals surface area contributed by atoms with Crippen LogP contribution in [0.5, 0.6) is 0 Å². The van der Waals surface area contributed by atoms with E-state index in [9.17, 15) is 4.79 Å². The highest BCUT2D eigenvalue weighted by molar-refractivity contribution is 9.10. The van der Waals surface area contributed by atoms with E-state index in [1.165, 1.54) is 0 Å². The van der Waals surface area contributed by atoms with Gasteiger partial charge in [-0.3, -0.25) is 9.89 Å². The Labute approximate surface area is 122 Å². The van der Waals surface area contributed by atoms with Crippen molar-refractivity contribution in [3.63, 3.8) is 0 Å². The second kappa shape index (κ2) is 6.70. The molecule has 0 atom stereocenters. The van der Waals surface area contributed by atoms with Crippen molar-refractivity contribution in [1.82, 2.24) is 10.2 Å². The van der Waals surface area contributed by atoms with E-state index in [0.717, 1.165) is 41.7 Å². The molecule has 2 rings (SSSR count). The van der Waals surface area contributed by atoms with Crippen molar-refractivity contribution < 1.29 is 4.79 Å². The van der Waals surface area contributed by atoms with E-state index >= 15 is 0 Å². The van der Waals surface area contributed by atoms with Crippen molar-refractivity contribution >= 4 is 27.8 Å². The number of hydrogen-bond donors (Lipinski definition) is 1. The van der Waals surface area contributed by atoms with Crippen LogP contribution in [-0.2, 0) is 0 Å². The molecule has 1 heterocycles. The summed E-state index contributed by atoms with van der Waals surface area (Å²) in [6, 6.07) is 7.82. The molecular formula is C14H18BrN3O. The standard InChI is InChI=1S/C14H18BrN3O/c1-16-14(19)18-10-4-2-3-9-17-13(18)11-5-7-12(15)8-6-11/h5-8H,2-4,9-10H2,1H3,(H,16,19). The SMILES string of the molecule is CNC(=O)N1CCCCCN=C1c1ccc(Br)cc1. The number of nitrogens with zero attached hydrogens (tertiary/aromatic N) is 2. The van der Waals surface area contributed by atoms with Gasteiger partial charge in [0.15, 0.2) is 0 Å². The van der Waals surface area contributed by atoms with Gasteiger partial charge in [-0.25, -0.2) is 4.79 Å². The first-order chi connectivity index (χ1) is 9.22. The van der Waals surface area contributed by atoms with E-state index in [1.54, 1.807) is 11.9 Å². The number of hydrogen-bond acceptors (Lipinski definition) is 2. The molecule has 1 N–H and O–H groups in total. The molecule has 0 fully saturated rings. The molecule has 1 aliphatic rings. The lowest BCUT2D eigenvalue weighted by atomic mass is 10.1. The number of aliphatic imine (C=N–C) groups is 1. The zero-order valence-corrected chi connectivity index (χ0v) is 12.6. The first-order valence-corrected chi connectivity index (χ1v) is 7.31. The molecule has 5 heteroatoms. The Morgan fingerprint density at radius 1 is 1.26 bits per heavy atom. The predicted molar refractivity (Wildman–Crippen MR) is 80.6 cm³/mol. The van der Waals surface area contributed by atoms with Crippen LogP contribution in [0.1, 0.15) is 24.8 Å². The zero-order valence-electron chi connectivity index (χ0n) is 11.0. The lowest BCUT2D eigenvalue weighted by Gasteiger charge is -2.25. The summed E-state index contributed by atoms with van der Waals surface area (Å²) in [5.41, 5.74) is 0.980. The van der Waals surface area contributed by atoms with Crippen molar-refractivity contribution in [2.45, 2.75) is 19.3 Å². The van der Waals surface area contributed by atoms with Gasteiger partial charge in [-0.05, 0) is 31.4 Å². The lowest BCUT2D eigenvalue weighted by molar-refractivity contribution is 0.221. The van der Waals surface area contributed by atoms with Gasteiger partial charge < -0.3 is 5.32 Å². The van der Waals surface area contributed by atoms with Gasteiger partial charge in [0.2, 0.25) is 0 Å². The highest BCUT2D eigenvalue weighted by atomic mass is 79.9. The van der Waals surface area contributed by atoms with Gasteiger partial charge in [0.05, 0.1) is 0 Å². The quantitative estimate of drug-likeness (QED) is 0.848. The van der Waals surface area contributed by atoms with E-state index < -0.39 is 0 Å². The summed E-state index contributed by atoms with van der Waals surface area (Å²) in [4.78, 5) is 18.3. The molecule has 4 nitrogen and oxygen atoms in total. The molecule has 0 saturated carbocycles. The number of rotatable bonds is 1. The second-order valence-corrected chi connectivity index (χ2v) is 5.40. The summed E-state index contributed by atoms with van der Waals surface area (Å²) in [5, 5.41) is 2.69. The predicted octanol–water partition coefficient (Wildman–Crippen LogP) is 3.02. The van der Waals surface area contributed by atoms with Crippen molar-refractivity contribution in [3.05, 3.63) is 34.3 Å². The summed E-state index contributed by atoms with van der Waals surface area (Å²) in [7, 11) is 1.65. The monoisotopic (exact) mass is 323 g/mol. The maximum Gasteiger partial charge on any atom is 0.322 e. The minimum Gasteiger partial charge on any atom is -0.341 e. The Kier molecular flexibility index (Phi) is 4.96. The molecule has 0 unspecified atom stereocenters. The van der Waals surface area contributed by atoms with E-state index in [1.807, 2.05) is 24.3 Å². The van der Waals surface area contributed by atoms with Crippen LogP contribution in [0.2, 0.25) is 0 Å². The average Bonchev–Trinajstić information content (AvgIpc) is 2.39. The molecule has 0 aliphatic carbocycles. The van der Waals surface area contributed by atoms with Crippen LogP contribution in [0.15, 0.2) is 33.7 Å². The molecule has 1 aliphatic heterocycles. The molecule has 102 valence electrons. The number of amides is 2. The molecule has 2 amide bonds. The van der Waals surface area contributed by atoms with E-state index in [0.29, 0.717) is 6.54 Å². The van der Waals surface area contributed by atoms with Gasteiger partial charge >= 0.3 is 6.03 Å². The number of urea groups is 1. The molecule has 19 heavy (non-hydrogen) atoms. The van der Waals surface area contributed by atoms with Crippen molar-refractivity contribution in [3.8, 4) is 0 Å². The van der Waals surface area contributed by atoms with Crippen molar-refractivity contribution in [2.75, 3.05) is 20.1 Å². The summed E-state index contributed by atoms with van der Waals surface area (Å²) in [5.74, 6) is 0.770. The molecule has 1 aromatic carbocycles. The number of carbonyl (C=O) groups excluding carboxylic acids is 1. The van der Waals surface area contributed by atoms with Crippen LogP contribution in [-0.4, -0.2) is 36.9 Å². The number of carbonyl (C=O) groups is 1. The number of amidine groups is 1. The maximum atomic E-state index is 12.0. The fourth-order valence-corrected chi connectivity index (χ4v) is 2.38. The third-order valence-corrected chi connectivity index (χ3v) is 3.65. The van der Waals surface area contributed by atoms with Crippen molar-refractivity contribution in [2.24, 2.45) is 4.99 Å². The Hall–Kier alpha value is -1.36. The minimum absolute atomic E-state index is 0.0939. The van der Waals surface area contributed by atoms with Crippen LogP contribution in [0.3, 0.4) is 0 Å². The third-order valence-electron chi connectivity index (χ3n) is 3.12. The van der Waals surface area contributed by atoms with Gasteiger partial charge in [0.25, 0.3) is 0 Å². The molecule has 1 aromatic rings. The van der Waals surface area contributed by atoms with Gasteiger partial charge in [-0.15, -0.1) is 0 Å². The minimum atomic E-state index is -0.0939. The Bertz CT molecular complexity index is 470. The summed E-state index contributed by atoms with van der Waals surface area (Å²) in [6.45, 7) is 1.49. The Balaban J connectivity index is 2.34. The van der Waals surface area contributed by atoms with Crippen molar-refractivity contribution in [1.29, 1.82) is 0 Å². The van der Waals surface area contributed by atoms with Gasteiger partial charge in [-0.1, -0.05) is 28.1 Å². The highest BCUT2D eigenvalue weighted by Gasteiger charge is 2.20. The molecule has 0 spiro atoms. The number of nitrogens with one attached hydrogen (secondary N) is 1. The second-order valence-electron chi connectivity index (χ2n) is 4.48. The smallest absolute Gasteiger partial charge is 0.322 e. The van der Waals surface area contributed by atoms with Crippen LogP contribution in [0.25, 0.3) is 0 Å².